The van der Waals surface area contributed by atoms with Crippen molar-refractivity contribution in [1.29, 1.82) is 0 Å². The van der Waals surface area contributed by atoms with Gasteiger partial charge in [0.15, 0.2) is 17.2 Å². The van der Waals surface area contributed by atoms with Crippen LogP contribution in [0.2, 0.25) is 0 Å². The molecular weight excluding hydrogens is 445 g/mol. The molecule has 0 saturated heterocycles. The number of alkyl halides is 3. The zero-order valence-electron chi connectivity index (χ0n) is 18.3. The van der Waals surface area contributed by atoms with Crippen LogP contribution in [0, 0.1) is 24.5 Å². The molecule has 0 saturated carbocycles. The molecule has 2 aromatic carbocycles. The summed E-state index contributed by atoms with van der Waals surface area (Å²) in [5.41, 5.74) is -3.37. The average Bonchev–Trinajstić information content (AvgIpc) is 2.76. The topological polar surface area (TPSA) is 67.6 Å². The standard InChI is InChI=1S/C23H22F5N3O2/c1-12(15-6-5-7-18(25)21(15)33-4)13(2)22(32,23(26,27)28)11-30-19-9-8-17(24)20-16(19)10-29-14(3)31-20/h5-13,32H,1-4H3. The summed E-state index contributed by atoms with van der Waals surface area (Å²) >= 11 is 0. The third-order valence-electron chi connectivity index (χ3n) is 5.79. The fourth-order valence-corrected chi connectivity index (χ4v) is 3.64. The number of methoxy groups -OCH3 is 1. The van der Waals surface area contributed by atoms with Crippen molar-refractivity contribution in [2.24, 2.45) is 10.9 Å². The highest BCUT2D eigenvalue weighted by molar-refractivity contribution is 5.91. The quantitative estimate of drug-likeness (QED) is 0.375. The lowest BCUT2D eigenvalue weighted by atomic mass is 9.76. The van der Waals surface area contributed by atoms with Crippen molar-refractivity contribution in [3.05, 3.63) is 59.6 Å². The van der Waals surface area contributed by atoms with E-state index in [1.807, 2.05) is 0 Å². The first-order valence-corrected chi connectivity index (χ1v) is 9.99. The molecule has 1 heterocycles. The Bertz CT molecular complexity index is 1200. The van der Waals surface area contributed by atoms with E-state index in [1.165, 1.54) is 45.4 Å². The van der Waals surface area contributed by atoms with Crippen molar-refractivity contribution in [3.8, 4) is 5.75 Å². The van der Waals surface area contributed by atoms with Gasteiger partial charge in [0.1, 0.15) is 17.2 Å². The van der Waals surface area contributed by atoms with Crippen LogP contribution >= 0.6 is 0 Å². The molecular formula is C23H22F5N3O2. The molecule has 33 heavy (non-hydrogen) atoms. The molecule has 176 valence electrons. The largest absolute Gasteiger partial charge is 0.493 e. The SMILES string of the molecule is COc1c(F)cccc1C(C)C(C)C(O)(C=Nc1ccc(F)c2nc(C)ncc12)C(F)(F)F. The molecule has 0 spiro atoms. The summed E-state index contributed by atoms with van der Waals surface area (Å²) in [5, 5.41) is 10.9. The smallest absolute Gasteiger partial charge is 0.422 e. The van der Waals surface area contributed by atoms with Crippen LogP contribution < -0.4 is 4.74 Å². The number of hydrogen-bond donors (Lipinski definition) is 1. The lowest BCUT2D eigenvalue weighted by molar-refractivity contribution is -0.246. The molecule has 5 nitrogen and oxygen atoms in total. The number of benzene rings is 2. The van der Waals surface area contributed by atoms with E-state index in [1.54, 1.807) is 6.92 Å². The van der Waals surface area contributed by atoms with Gasteiger partial charge in [-0.3, -0.25) is 4.99 Å². The molecule has 3 unspecified atom stereocenters. The van der Waals surface area contributed by atoms with Gasteiger partial charge in [0.05, 0.1) is 12.8 Å². The number of aliphatic hydroxyl groups is 1. The van der Waals surface area contributed by atoms with E-state index in [0.29, 0.717) is 6.21 Å². The van der Waals surface area contributed by atoms with Gasteiger partial charge in [-0.2, -0.15) is 13.2 Å². The Morgan fingerprint density at radius 2 is 1.79 bits per heavy atom. The highest BCUT2D eigenvalue weighted by Crippen LogP contribution is 2.44. The van der Waals surface area contributed by atoms with Crippen LogP contribution in [-0.4, -0.2) is 40.2 Å². The zero-order valence-corrected chi connectivity index (χ0v) is 18.3. The van der Waals surface area contributed by atoms with Crippen LogP contribution in [0.3, 0.4) is 0 Å². The van der Waals surface area contributed by atoms with Crippen LogP contribution in [0.15, 0.2) is 41.5 Å². The first kappa shape index (κ1) is 24.5. The van der Waals surface area contributed by atoms with E-state index in [-0.39, 0.29) is 33.7 Å². The van der Waals surface area contributed by atoms with Crippen molar-refractivity contribution < 1.29 is 31.8 Å². The van der Waals surface area contributed by atoms with Crippen molar-refractivity contribution in [1.82, 2.24) is 9.97 Å². The van der Waals surface area contributed by atoms with Crippen LogP contribution in [0.25, 0.3) is 10.9 Å². The highest BCUT2D eigenvalue weighted by Gasteiger charge is 2.57. The Labute approximate surface area is 187 Å². The molecule has 1 N–H and O–H groups in total. The van der Waals surface area contributed by atoms with Crippen LogP contribution in [-0.2, 0) is 0 Å². The molecule has 0 aliphatic carbocycles. The van der Waals surface area contributed by atoms with Crippen LogP contribution in [0.4, 0.5) is 27.6 Å². The van der Waals surface area contributed by atoms with Crippen molar-refractivity contribution in [2.75, 3.05) is 7.11 Å². The molecule has 0 fully saturated rings. The molecule has 10 heteroatoms. The van der Waals surface area contributed by atoms with Gasteiger partial charge in [-0.05, 0) is 31.0 Å². The van der Waals surface area contributed by atoms with Gasteiger partial charge in [-0.1, -0.05) is 26.0 Å². The number of rotatable bonds is 6. The molecule has 0 radical (unpaired) electrons. The fourth-order valence-electron chi connectivity index (χ4n) is 3.64. The second-order valence-corrected chi connectivity index (χ2v) is 7.77. The second kappa shape index (κ2) is 9.01. The Hall–Kier alpha value is -3.14. The number of fused-ring (bicyclic) bond motifs is 1. The van der Waals surface area contributed by atoms with Gasteiger partial charge in [0, 0.05) is 29.3 Å². The number of halogens is 5. The summed E-state index contributed by atoms with van der Waals surface area (Å²) in [7, 11) is 1.21. The van der Waals surface area contributed by atoms with Crippen molar-refractivity contribution in [3.63, 3.8) is 0 Å². The summed E-state index contributed by atoms with van der Waals surface area (Å²) in [6.45, 7) is 4.15. The number of hydrogen-bond acceptors (Lipinski definition) is 5. The first-order valence-electron chi connectivity index (χ1n) is 9.99. The maximum Gasteiger partial charge on any atom is 0.422 e. The van der Waals surface area contributed by atoms with E-state index in [2.05, 4.69) is 15.0 Å². The first-order chi connectivity index (χ1) is 15.4. The molecule has 1 aromatic heterocycles. The van der Waals surface area contributed by atoms with E-state index >= 15 is 0 Å². The molecule has 0 bridgehead atoms. The molecule has 3 rings (SSSR count). The Morgan fingerprint density at radius 1 is 1.09 bits per heavy atom. The van der Waals surface area contributed by atoms with Crippen LogP contribution in [0.1, 0.15) is 31.2 Å². The molecule has 0 amide bonds. The number of aromatic nitrogens is 2. The maximum atomic E-state index is 14.1. The minimum Gasteiger partial charge on any atom is -0.493 e. The van der Waals surface area contributed by atoms with E-state index in [0.717, 1.165) is 12.1 Å². The summed E-state index contributed by atoms with van der Waals surface area (Å²) in [5.74, 6) is -3.81. The Kier molecular flexibility index (Phi) is 6.69. The number of nitrogens with zero attached hydrogens (tertiary/aromatic N) is 3. The predicted molar refractivity (Wildman–Crippen MR) is 114 cm³/mol. The maximum absolute atomic E-state index is 14.1. The predicted octanol–water partition coefficient (Wildman–Crippen LogP) is 5.66. The van der Waals surface area contributed by atoms with E-state index < -0.39 is 35.2 Å². The van der Waals surface area contributed by atoms with E-state index in [4.69, 9.17) is 4.74 Å². The summed E-state index contributed by atoms with van der Waals surface area (Å²) < 4.78 is 75.5. The van der Waals surface area contributed by atoms with Crippen molar-refractivity contribution >= 4 is 22.8 Å². The average molecular weight is 467 g/mol. The van der Waals surface area contributed by atoms with E-state index in [9.17, 15) is 27.1 Å². The van der Waals surface area contributed by atoms with Crippen LogP contribution in [0.5, 0.6) is 5.75 Å². The number of aryl methyl sites for hydroxylation is 1. The fraction of sp³-hybridized carbons (Fsp3) is 0.348. The Balaban J connectivity index is 2.08. The minimum absolute atomic E-state index is 0.0442. The third kappa shape index (κ3) is 4.52. The molecule has 0 aliphatic rings. The second-order valence-electron chi connectivity index (χ2n) is 7.77. The number of para-hydroxylation sites is 1. The molecule has 3 aromatic rings. The normalized spacial score (nSPS) is 16.1. The van der Waals surface area contributed by atoms with Gasteiger partial charge >= 0.3 is 6.18 Å². The summed E-state index contributed by atoms with van der Waals surface area (Å²) in [6.07, 6.45) is -3.48. The van der Waals surface area contributed by atoms with Gasteiger partial charge in [0.25, 0.3) is 0 Å². The lowest BCUT2D eigenvalue weighted by Gasteiger charge is -2.36. The van der Waals surface area contributed by atoms with Gasteiger partial charge in [-0.15, -0.1) is 0 Å². The molecule has 3 atom stereocenters. The number of ether oxygens (including phenoxy) is 1. The summed E-state index contributed by atoms with van der Waals surface area (Å²) in [4.78, 5) is 11.8. The molecule has 0 aliphatic heterocycles. The Morgan fingerprint density at radius 3 is 2.42 bits per heavy atom. The summed E-state index contributed by atoms with van der Waals surface area (Å²) in [6, 6.07) is 6.11. The van der Waals surface area contributed by atoms with Gasteiger partial charge in [0.2, 0.25) is 0 Å². The minimum atomic E-state index is -5.12. The van der Waals surface area contributed by atoms with Crippen molar-refractivity contribution in [2.45, 2.75) is 38.5 Å². The van der Waals surface area contributed by atoms with Gasteiger partial charge < -0.3 is 9.84 Å². The van der Waals surface area contributed by atoms with Gasteiger partial charge in [-0.25, -0.2) is 18.7 Å². The highest BCUT2D eigenvalue weighted by atomic mass is 19.4. The third-order valence-corrected chi connectivity index (χ3v) is 5.79. The lowest BCUT2D eigenvalue weighted by Crippen LogP contribution is -2.53. The number of aliphatic imine (C=N–C) groups is 1. The zero-order chi connectivity index (χ0) is 24.6. The monoisotopic (exact) mass is 467 g/mol.